The van der Waals surface area contributed by atoms with Gasteiger partial charge in [0.05, 0.1) is 25.4 Å². The minimum Gasteiger partial charge on any atom is -0.494 e. The summed E-state index contributed by atoms with van der Waals surface area (Å²) in [5.41, 5.74) is 8.44. The highest BCUT2D eigenvalue weighted by Gasteiger charge is 2.22. The van der Waals surface area contributed by atoms with Gasteiger partial charge in [-0.15, -0.1) is 0 Å². The van der Waals surface area contributed by atoms with E-state index in [2.05, 4.69) is 31.2 Å². The van der Waals surface area contributed by atoms with Gasteiger partial charge < -0.3 is 20.7 Å². The molecule has 0 saturated carbocycles. The Labute approximate surface area is 156 Å². The van der Waals surface area contributed by atoms with E-state index >= 15 is 0 Å². The zero-order valence-electron chi connectivity index (χ0n) is 15.7. The molecule has 26 heavy (non-hydrogen) atoms. The highest BCUT2D eigenvalue weighted by atomic mass is 16.5. The molecule has 0 fully saturated rings. The lowest BCUT2D eigenvalue weighted by molar-refractivity contribution is 0.115. The molecule has 0 bridgehead atoms. The number of aryl methyl sites for hydroxylation is 1. The lowest BCUT2D eigenvalue weighted by atomic mass is 9.93. The predicted octanol–water partition coefficient (Wildman–Crippen LogP) is 3.54. The van der Waals surface area contributed by atoms with Crippen LogP contribution in [-0.2, 0) is 6.42 Å². The van der Waals surface area contributed by atoms with Crippen molar-refractivity contribution in [3.05, 3.63) is 54.1 Å². The van der Waals surface area contributed by atoms with Gasteiger partial charge in [-0.3, -0.25) is 0 Å². The van der Waals surface area contributed by atoms with Gasteiger partial charge in [0, 0.05) is 0 Å². The van der Waals surface area contributed by atoms with Crippen molar-refractivity contribution >= 4 is 0 Å². The summed E-state index contributed by atoms with van der Waals surface area (Å²) in [7, 11) is 0. The number of benzene rings is 2. The van der Waals surface area contributed by atoms with Crippen molar-refractivity contribution < 1.29 is 14.9 Å². The summed E-state index contributed by atoms with van der Waals surface area (Å²) < 4.78 is 5.76. The van der Waals surface area contributed by atoms with Gasteiger partial charge in [0.25, 0.3) is 0 Å². The number of nitrogens with two attached hydrogens (primary N) is 1. The van der Waals surface area contributed by atoms with Crippen LogP contribution in [0.5, 0.6) is 5.75 Å². The molecule has 0 aliphatic heterocycles. The van der Waals surface area contributed by atoms with Gasteiger partial charge in [-0.2, -0.15) is 0 Å². The summed E-state index contributed by atoms with van der Waals surface area (Å²) in [5, 5.41) is 18.6. The monoisotopic (exact) mass is 357 g/mol. The molecular weight excluding hydrogens is 326 g/mol. The molecule has 4 heteroatoms. The smallest absolute Gasteiger partial charge is 0.119 e. The molecule has 0 saturated heterocycles. The van der Waals surface area contributed by atoms with Crippen LogP contribution in [-0.4, -0.2) is 35.6 Å². The van der Waals surface area contributed by atoms with E-state index in [-0.39, 0.29) is 13.2 Å². The van der Waals surface area contributed by atoms with Crippen LogP contribution in [0.3, 0.4) is 0 Å². The third-order valence-corrected chi connectivity index (χ3v) is 4.67. The molecule has 4 nitrogen and oxygen atoms in total. The quantitative estimate of drug-likeness (QED) is 0.538. The second kappa shape index (κ2) is 10.3. The van der Waals surface area contributed by atoms with Crippen molar-refractivity contribution in [1.82, 2.24) is 0 Å². The van der Waals surface area contributed by atoms with Crippen molar-refractivity contribution in [1.29, 1.82) is 0 Å². The Morgan fingerprint density at radius 3 is 2.35 bits per heavy atom. The van der Waals surface area contributed by atoms with Crippen LogP contribution < -0.4 is 10.5 Å². The Morgan fingerprint density at radius 2 is 1.69 bits per heavy atom. The van der Waals surface area contributed by atoms with Crippen molar-refractivity contribution in [3.8, 4) is 16.9 Å². The highest BCUT2D eigenvalue weighted by molar-refractivity contribution is 5.64. The fourth-order valence-electron chi connectivity index (χ4n) is 2.79. The van der Waals surface area contributed by atoms with Crippen molar-refractivity contribution in [2.75, 3.05) is 19.8 Å². The summed E-state index contributed by atoms with van der Waals surface area (Å²) in [6, 6.07) is 16.4. The van der Waals surface area contributed by atoms with Crippen LogP contribution in [0.15, 0.2) is 48.5 Å². The molecule has 0 aliphatic carbocycles. The Kier molecular flexibility index (Phi) is 8.10. The van der Waals surface area contributed by atoms with E-state index < -0.39 is 5.54 Å². The minimum absolute atomic E-state index is 0.219. The molecular formula is C22H31NO3. The fraction of sp³-hybridized carbons (Fsp3) is 0.455. The molecule has 0 radical (unpaired) electrons. The first-order valence-electron chi connectivity index (χ1n) is 9.43. The summed E-state index contributed by atoms with van der Waals surface area (Å²) in [6.45, 7) is 2.51. The van der Waals surface area contributed by atoms with Gasteiger partial charge in [0.1, 0.15) is 5.75 Å². The van der Waals surface area contributed by atoms with Gasteiger partial charge in [-0.25, -0.2) is 0 Å². The van der Waals surface area contributed by atoms with Gasteiger partial charge >= 0.3 is 0 Å². The zero-order chi connectivity index (χ0) is 18.8. The third kappa shape index (κ3) is 6.13. The van der Waals surface area contributed by atoms with E-state index in [0.717, 1.165) is 35.5 Å². The standard InChI is InChI=1S/C22H31NO3/c1-2-3-4-14-26-21-10-8-19(9-11-21)20-7-5-6-18(15-20)12-13-22(23,16-24)17-25/h5-11,15,24-25H,2-4,12-14,16-17,23H2,1H3. The number of unbranched alkanes of at least 4 members (excludes halogenated alkanes) is 2. The topological polar surface area (TPSA) is 75.7 Å². The first kappa shape index (κ1) is 20.4. The molecule has 2 aromatic carbocycles. The van der Waals surface area contributed by atoms with Crippen LogP contribution in [0.1, 0.15) is 38.2 Å². The maximum absolute atomic E-state index is 9.32. The van der Waals surface area contributed by atoms with Gasteiger partial charge in [0.2, 0.25) is 0 Å². The zero-order valence-corrected chi connectivity index (χ0v) is 15.7. The third-order valence-electron chi connectivity index (χ3n) is 4.67. The summed E-state index contributed by atoms with van der Waals surface area (Å²) in [4.78, 5) is 0. The normalized spacial score (nSPS) is 11.5. The molecule has 0 spiro atoms. The number of hydrogen-bond donors (Lipinski definition) is 3. The molecule has 2 aromatic rings. The summed E-state index contributed by atoms with van der Waals surface area (Å²) in [5.74, 6) is 0.903. The van der Waals surface area contributed by atoms with E-state index in [1.807, 2.05) is 24.3 Å². The Morgan fingerprint density at radius 1 is 0.962 bits per heavy atom. The van der Waals surface area contributed by atoms with Crippen molar-refractivity contribution in [2.45, 2.75) is 44.6 Å². The largest absolute Gasteiger partial charge is 0.494 e. The average Bonchev–Trinajstić information content (AvgIpc) is 2.70. The minimum atomic E-state index is -0.924. The second-order valence-corrected chi connectivity index (χ2v) is 6.96. The average molecular weight is 357 g/mol. The van der Waals surface area contributed by atoms with Gasteiger partial charge in [-0.1, -0.05) is 56.2 Å². The second-order valence-electron chi connectivity index (χ2n) is 6.96. The first-order chi connectivity index (χ1) is 12.6. The number of rotatable bonds is 11. The van der Waals surface area contributed by atoms with E-state index in [4.69, 9.17) is 10.5 Å². The van der Waals surface area contributed by atoms with Crippen LogP contribution in [0, 0.1) is 0 Å². The molecule has 0 aromatic heterocycles. The Hall–Kier alpha value is -1.88. The van der Waals surface area contributed by atoms with Gasteiger partial charge in [0.15, 0.2) is 0 Å². The maximum Gasteiger partial charge on any atom is 0.119 e. The molecule has 2 rings (SSSR count). The number of aliphatic hydroxyl groups is 2. The van der Waals surface area contributed by atoms with Gasteiger partial charge in [-0.05, 0) is 48.1 Å². The lowest BCUT2D eigenvalue weighted by Crippen LogP contribution is -2.47. The van der Waals surface area contributed by atoms with E-state index in [9.17, 15) is 10.2 Å². The lowest BCUT2D eigenvalue weighted by Gasteiger charge is -2.24. The van der Waals surface area contributed by atoms with E-state index in [0.29, 0.717) is 12.8 Å². The van der Waals surface area contributed by atoms with E-state index in [1.165, 1.54) is 12.8 Å². The maximum atomic E-state index is 9.32. The Bertz CT molecular complexity index is 651. The summed E-state index contributed by atoms with van der Waals surface area (Å²) in [6.07, 6.45) is 4.73. The number of aliphatic hydroxyl groups excluding tert-OH is 2. The Balaban J connectivity index is 1.98. The van der Waals surface area contributed by atoms with Crippen LogP contribution in [0.2, 0.25) is 0 Å². The molecule has 0 unspecified atom stereocenters. The van der Waals surface area contributed by atoms with Crippen molar-refractivity contribution in [3.63, 3.8) is 0 Å². The molecule has 0 aliphatic rings. The van der Waals surface area contributed by atoms with Crippen LogP contribution in [0.25, 0.3) is 11.1 Å². The fourth-order valence-corrected chi connectivity index (χ4v) is 2.79. The molecule has 4 N–H and O–H groups in total. The molecule has 142 valence electrons. The van der Waals surface area contributed by atoms with Crippen LogP contribution in [0.4, 0.5) is 0 Å². The van der Waals surface area contributed by atoms with Crippen LogP contribution >= 0.6 is 0 Å². The number of ether oxygens (including phenoxy) is 1. The number of hydrogen-bond acceptors (Lipinski definition) is 4. The predicted molar refractivity (Wildman–Crippen MR) is 106 cm³/mol. The summed E-state index contributed by atoms with van der Waals surface area (Å²) >= 11 is 0. The van der Waals surface area contributed by atoms with Crippen molar-refractivity contribution in [2.24, 2.45) is 5.73 Å². The van der Waals surface area contributed by atoms with E-state index in [1.54, 1.807) is 0 Å². The first-order valence-corrected chi connectivity index (χ1v) is 9.43. The molecule has 0 atom stereocenters. The molecule has 0 heterocycles. The molecule has 0 amide bonds. The highest BCUT2D eigenvalue weighted by Crippen LogP contribution is 2.24. The SMILES string of the molecule is CCCCCOc1ccc(-c2cccc(CCC(N)(CO)CO)c2)cc1.